The molecule has 0 radical (unpaired) electrons. The van der Waals surface area contributed by atoms with E-state index < -0.39 is 5.60 Å². The molecule has 1 aromatic carbocycles. The average Bonchev–Trinajstić information content (AvgIpc) is 2.50. The smallest absolute Gasteiger partial charge is 0.251 e. The maximum Gasteiger partial charge on any atom is 0.251 e. The van der Waals surface area contributed by atoms with Crippen molar-refractivity contribution in [2.24, 2.45) is 0 Å². The monoisotopic (exact) mass is 295 g/mol. The standard InChI is InChI=1S/C16H25NO2S/c1-4-16(19,5-2)12-17-15(18)14-9-7-13(8-10-14)11-20-6-3/h7-10,19H,4-6,11-12H2,1-3H3,(H,17,18). The summed E-state index contributed by atoms with van der Waals surface area (Å²) >= 11 is 1.86. The Bertz CT molecular complexity index is 413. The van der Waals surface area contributed by atoms with Gasteiger partial charge in [0.05, 0.1) is 5.60 Å². The van der Waals surface area contributed by atoms with Crippen molar-refractivity contribution in [2.75, 3.05) is 12.3 Å². The summed E-state index contributed by atoms with van der Waals surface area (Å²) in [4.78, 5) is 12.0. The molecule has 0 aliphatic heterocycles. The lowest BCUT2D eigenvalue weighted by atomic mass is 9.97. The first-order valence-corrected chi connectivity index (χ1v) is 8.37. The van der Waals surface area contributed by atoms with Gasteiger partial charge in [-0.3, -0.25) is 4.79 Å². The van der Waals surface area contributed by atoms with Gasteiger partial charge in [-0.05, 0) is 36.3 Å². The summed E-state index contributed by atoms with van der Waals surface area (Å²) in [6.45, 7) is 6.28. The van der Waals surface area contributed by atoms with E-state index in [1.807, 2.05) is 49.9 Å². The Balaban J connectivity index is 2.55. The zero-order valence-corrected chi connectivity index (χ0v) is 13.4. The van der Waals surface area contributed by atoms with Crippen LogP contribution in [0.4, 0.5) is 0 Å². The van der Waals surface area contributed by atoms with Crippen LogP contribution in [0.1, 0.15) is 49.5 Å². The molecule has 0 aromatic heterocycles. The van der Waals surface area contributed by atoms with Gasteiger partial charge in [0.15, 0.2) is 0 Å². The fourth-order valence-electron chi connectivity index (χ4n) is 1.82. The number of carbonyl (C=O) groups excluding carboxylic acids is 1. The molecule has 0 bridgehead atoms. The van der Waals surface area contributed by atoms with Crippen molar-refractivity contribution < 1.29 is 9.90 Å². The first-order chi connectivity index (χ1) is 9.54. The van der Waals surface area contributed by atoms with Gasteiger partial charge >= 0.3 is 0 Å². The van der Waals surface area contributed by atoms with Crippen LogP contribution in [0, 0.1) is 0 Å². The lowest BCUT2D eigenvalue weighted by Gasteiger charge is -2.25. The third-order valence-corrected chi connectivity index (χ3v) is 4.53. The molecule has 20 heavy (non-hydrogen) atoms. The van der Waals surface area contributed by atoms with Crippen LogP contribution in [0.25, 0.3) is 0 Å². The maximum atomic E-state index is 12.0. The second-order valence-corrected chi connectivity index (χ2v) is 6.22. The molecule has 112 valence electrons. The van der Waals surface area contributed by atoms with Crippen LogP contribution in [0.15, 0.2) is 24.3 Å². The number of thioether (sulfide) groups is 1. The predicted molar refractivity (Wildman–Crippen MR) is 86.1 cm³/mol. The highest BCUT2D eigenvalue weighted by atomic mass is 32.2. The van der Waals surface area contributed by atoms with Gasteiger partial charge in [-0.2, -0.15) is 11.8 Å². The van der Waals surface area contributed by atoms with E-state index in [1.54, 1.807) is 0 Å². The molecule has 1 amide bonds. The van der Waals surface area contributed by atoms with Crippen LogP contribution >= 0.6 is 11.8 Å². The molecule has 1 rings (SSSR count). The van der Waals surface area contributed by atoms with E-state index in [9.17, 15) is 9.90 Å². The lowest BCUT2D eigenvalue weighted by Crippen LogP contribution is -2.42. The summed E-state index contributed by atoms with van der Waals surface area (Å²) in [6.07, 6.45) is 1.27. The fourth-order valence-corrected chi connectivity index (χ4v) is 2.45. The number of hydrogen-bond donors (Lipinski definition) is 2. The molecule has 0 heterocycles. The Kier molecular flexibility index (Phi) is 7.10. The highest BCUT2D eigenvalue weighted by molar-refractivity contribution is 7.98. The van der Waals surface area contributed by atoms with Crippen molar-refractivity contribution in [3.8, 4) is 0 Å². The molecule has 0 aliphatic carbocycles. The highest BCUT2D eigenvalue weighted by Gasteiger charge is 2.22. The van der Waals surface area contributed by atoms with Crippen molar-refractivity contribution in [3.63, 3.8) is 0 Å². The Morgan fingerprint density at radius 1 is 1.20 bits per heavy atom. The summed E-state index contributed by atoms with van der Waals surface area (Å²) in [5.74, 6) is 1.94. The first kappa shape index (κ1) is 17.1. The third kappa shape index (κ3) is 5.17. The molecule has 0 fully saturated rings. The minimum Gasteiger partial charge on any atom is -0.388 e. The van der Waals surface area contributed by atoms with Gasteiger partial charge in [0, 0.05) is 17.9 Å². The number of hydrogen-bond acceptors (Lipinski definition) is 3. The second kappa shape index (κ2) is 8.32. The van der Waals surface area contributed by atoms with E-state index in [2.05, 4.69) is 12.2 Å². The minimum absolute atomic E-state index is 0.125. The maximum absolute atomic E-state index is 12.0. The first-order valence-electron chi connectivity index (χ1n) is 7.22. The van der Waals surface area contributed by atoms with Crippen LogP contribution in [0.3, 0.4) is 0 Å². The number of amides is 1. The van der Waals surface area contributed by atoms with E-state index in [-0.39, 0.29) is 5.91 Å². The normalized spacial score (nSPS) is 11.4. The van der Waals surface area contributed by atoms with Gasteiger partial charge in [0.1, 0.15) is 0 Å². The summed E-state index contributed by atoms with van der Waals surface area (Å²) in [6, 6.07) is 7.67. The summed E-state index contributed by atoms with van der Waals surface area (Å²) < 4.78 is 0. The van der Waals surface area contributed by atoms with Gasteiger partial charge in [0.2, 0.25) is 0 Å². The highest BCUT2D eigenvalue weighted by Crippen LogP contribution is 2.14. The van der Waals surface area contributed by atoms with Crippen molar-refractivity contribution in [2.45, 2.75) is 45.0 Å². The van der Waals surface area contributed by atoms with Crippen molar-refractivity contribution in [3.05, 3.63) is 35.4 Å². The van der Waals surface area contributed by atoms with E-state index in [0.29, 0.717) is 24.9 Å². The summed E-state index contributed by atoms with van der Waals surface area (Å²) in [5, 5.41) is 13.0. The molecule has 0 atom stereocenters. The van der Waals surface area contributed by atoms with Gasteiger partial charge in [-0.15, -0.1) is 0 Å². The summed E-state index contributed by atoms with van der Waals surface area (Å²) in [7, 11) is 0. The van der Waals surface area contributed by atoms with E-state index in [1.165, 1.54) is 5.56 Å². The molecule has 0 aliphatic rings. The molecular formula is C16H25NO2S. The van der Waals surface area contributed by atoms with Crippen LogP contribution in [0.5, 0.6) is 0 Å². The number of nitrogens with one attached hydrogen (secondary N) is 1. The number of carbonyl (C=O) groups is 1. The molecule has 2 N–H and O–H groups in total. The number of benzene rings is 1. The van der Waals surface area contributed by atoms with Crippen molar-refractivity contribution in [1.82, 2.24) is 5.32 Å². The molecule has 3 nitrogen and oxygen atoms in total. The van der Waals surface area contributed by atoms with Gasteiger partial charge in [-0.1, -0.05) is 32.9 Å². The quantitative estimate of drug-likeness (QED) is 0.774. The third-order valence-electron chi connectivity index (χ3n) is 3.58. The fraction of sp³-hybridized carbons (Fsp3) is 0.562. The lowest BCUT2D eigenvalue weighted by molar-refractivity contribution is 0.0314. The van der Waals surface area contributed by atoms with E-state index in [0.717, 1.165) is 11.5 Å². The van der Waals surface area contributed by atoms with Gasteiger partial charge in [-0.25, -0.2) is 0 Å². The van der Waals surface area contributed by atoms with Crippen LogP contribution in [0.2, 0.25) is 0 Å². The van der Waals surface area contributed by atoms with Crippen molar-refractivity contribution >= 4 is 17.7 Å². The Labute approximate surface area is 126 Å². The Hall–Kier alpha value is -1.00. The molecule has 0 saturated heterocycles. The van der Waals surface area contributed by atoms with Gasteiger partial charge in [0.25, 0.3) is 5.91 Å². The average molecular weight is 295 g/mol. The van der Waals surface area contributed by atoms with Crippen LogP contribution in [-0.2, 0) is 5.75 Å². The molecule has 0 spiro atoms. The van der Waals surface area contributed by atoms with E-state index >= 15 is 0 Å². The predicted octanol–water partition coefficient (Wildman–Crippen LogP) is 3.22. The zero-order chi connectivity index (χ0) is 15.0. The topological polar surface area (TPSA) is 49.3 Å². The zero-order valence-electron chi connectivity index (χ0n) is 12.6. The molecule has 0 saturated carbocycles. The summed E-state index contributed by atoms with van der Waals surface area (Å²) in [5.41, 5.74) is 1.07. The largest absolute Gasteiger partial charge is 0.388 e. The van der Waals surface area contributed by atoms with Crippen LogP contribution in [-0.4, -0.2) is 28.9 Å². The number of rotatable bonds is 8. The minimum atomic E-state index is -0.798. The Morgan fingerprint density at radius 3 is 2.30 bits per heavy atom. The number of aliphatic hydroxyl groups is 1. The van der Waals surface area contributed by atoms with Gasteiger partial charge < -0.3 is 10.4 Å². The molecule has 1 aromatic rings. The molecular weight excluding hydrogens is 270 g/mol. The van der Waals surface area contributed by atoms with E-state index in [4.69, 9.17) is 0 Å². The van der Waals surface area contributed by atoms with Crippen LogP contribution < -0.4 is 5.32 Å². The molecule has 4 heteroatoms. The second-order valence-electron chi connectivity index (χ2n) is 4.95. The SMILES string of the molecule is CCSCc1ccc(C(=O)NCC(O)(CC)CC)cc1. The van der Waals surface area contributed by atoms with Crippen molar-refractivity contribution in [1.29, 1.82) is 0 Å². The Morgan fingerprint density at radius 2 is 1.80 bits per heavy atom. The molecule has 0 unspecified atom stereocenters.